The number of thiophene rings is 1. The predicted octanol–water partition coefficient (Wildman–Crippen LogP) is 8.45. The van der Waals surface area contributed by atoms with E-state index in [2.05, 4.69) is 94.3 Å². The Morgan fingerprint density at radius 2 is 1.22 bits per heavy atom. The van der Waals surface area contributed by atoms with Crippen molar-refractivity contribution >= 4 is 54.1 Å². The molecule has 6 rings (SSSR count). The molecular weight excluding hydrogens is 523 g/mol. The van der Waals surface area contributed by atoms with E-state index in [0.29, 0.717) is 0 Å². The lowest BCUT2D eigenvalue weighted by atomic mass is 10.0. The Labute approximate surface area is 203 Å². The molecule has 0 N–H and O–H groups in total. The third kappa shape index (κ3) is 3.59. The fraction of sp³-hybridized carbons (Fsp3) is 0. The topological polar surface area (TPSA) is 25.8 Å². The van der Waals surface area contributed by atoms with Gasteiger partial charge in [-0.15, -0.1) is 11.3 Å². The smallest absolute Gasteiger partial charge is 0.160 e. The van der Waals surface area contributed by atoms with Crippen molar-refractivity contribution in [1.82, 2.24) is 9.97 Å². The van der Waals surface area contributed by atoms with Crippen molar-refractivity contribution in [2.75, 3.05) is 0 Å². The van der Waals surface area contributed by atoms with Crippen LogP contribution in [0.3, 0.4) is 0 Å². The molecule has 0 spiro atoms. The zero-order valence-corrected chi connectivity index (χ0v) is 20.0. The molecule has 0 unspecified atom stereocenters. The van der Waals surface area contributed by atoms with E-state index in [1.54, 1.807) is 0 Å². The molecule has 0 atom stereocenters. The highest BCUT2D eigenvalue weighted by Crippen LogP contribution is 2.36. The molecule has 2 nitrogen and oxygen atoms in total. The highest BCUT2D eigenvalue weighted by Gasteiger charge is 2.09. The lowest BCUT2D eigenvalue weighted by Crippen LogP contribution is -1.95. The van der Waals surface area contributed by atoms with Crippen LogP contribution < -0.4 is 0 Å². The summed E-state index contributed by atoms with van der Waals surface area (Å²) in [5, 5.41) is 2.65. The van der Waals surface area contributed by atoms with Crippen LogP contribution in [-0.4, -0.2) is 9.97 Å². The van der Waals surface area contributed by atoms with E-state index in [0.717, 1.165) is 26.3 Å². The summed E-state index contributed by atoms with van der Waals surface area (Å²) in [5.41, 5.74) is 5.50. The number of benzene rings is 4. The van der Waals surface area contributed by atoms with Gasteiger partial charge in [0, 0.05) is 31.3 Å². The molecule has 32 heavy (non-hydrogen) atoms. The molecule has 0 aliphatic heterocycles. The van der Waals surface area contributed by atoms with Crippen LogP contribution in [0.1, 0.15) is 0 Å². The van der Waals surface area contributed by atoms with Crippen LogP contribution in [0.4, 0.5) is 0 Å². The predicted molar refractivity (Wildman–Crippen MR) is 144 cm³/mol. The Bertz CT molecular complexity index is 1570. The zero-order chi connectivity index (χ0) is 21.5. The molecule has 0 amide bonds. The second-order valence-electron chi connectivity index (χ2n) is 7.65. The maximum absolute atomic E-state index is 4.83. The number of hydrogen-bond acceptors (Lipinski definition) is 3. The fourth-order valence-corrected chi connectivity index (χ4v) is 5.63. The second kappa shape index (κ2) is 8.11. The third-order valence-corrected chi connectivity index (χ3v) is 7.32. The molecule has 0 aliphatic carbocycles. The number of rotatable bonds is 3. The van der Waals surface area contributed by atoms with Gasteiger partial charge in [0.1, 0.15) is 3.70 Å². The minimum atomic E-state index is 0.756. The number of nitrogens with zero attached hydrogens (tertiary/aromatic N) is 2. The van der Waals surface area contributed by atoms with E-state index in [4.69, 9.17) is 4.98 Å². The highest BCUT2D eigenvalue weighted by atomic mass is 127. The van der Waals surface area contributed by atoms with E-state index >= 15 is 0 Å². The summed E-state index contributed by atoms with van der Waals surface area (Å²) in [4.78, 5) is 9.45. The van der Waals surface area contributed by atoms with E-state index in [1.807, 2.05) is 47.7 Å². The van der Waals surface area contributed by atoms with Gasteiger partial charge in [-0.1, -0.05) is 78.9 Å². The van der Waals surface area contributed by atoms with E-state index < -0.39 is 0 Å². The Kier molecular flexibility index (Phi) is 4.97. The minimum Gasteiger partial charge on any atom is -0.228 e. The number of halogens is 1. The summed E-state index contributed by atoms with van der Waals surface area (Å²) in [5.74, 6) is 0.756. The Morgan fingerprint density at radius 1 is 0.531 bits per heavy atom. The van der Waals surface area contributed by atoms with Crippen LogP contribution in [0.2, 0.25) is 0 Å². The molecule has 2 heterocycles. The van der Waals surface area contributed by atoms with Gasteiger partial charge in [-0.05, 0) is 58.0 Å². The van der Waals surface area contributed by atoms with Crippen molar-refractivity contribution in [1.29, 1.82) is 0 Å². The molecule has 0 aliphatic rings. The van der Waals surface area contributed by atoms with Crippen LogP contribution in [0.5, 0.6) is 0 Å². The monoisotopic (exact) mass is 540 g/mol. The lowest BCUT2D eigenvalue weighted by Gasteiger charge is -2.08. The summed E-state index contributed by atoms with van der Waals surface area (Å²) in [6.45, 7) is 0. The van der Waals surface area contributed by atoms with Gasteiger partial charge in [-0.25, -0.2) is 9.97 Å². The van der Waals surface area contributed by atoms with Crippen LogP contribution in [0.15, 0.2) is 103 Å². The quantitative estimate of drug-likeness (QED) is 0.166. The Morgan fingerprint density at radius 3 is 2.06 bits per heavy atom. The molecule has 0 fully saturated rings. The summed E-state index contributed by atoms with van der Waals surface area (Å²) < 4.78 is 3.60. The summed E-state index contributed by atoms with van der Waals surface area (Å²) in [6, 6.07) is 36.2. The van der Waals surface area contributed by atoms with Gasteiger partial charge in [-0.2, -0.15) is 0 Å². The van der Waals surface area contributed by atoms with Gasteiger partial charge in [-0.3, -0.25) is 0 Å². The van der Waals surface area contributed by atoms with Crippen molar-refractivity contribution < 1.29 is 0 Å². The largest absolute Gasteiger partial charge is 0.228 e. The third-order valence-electron chi connectivity index (χ3n) is 5.62. The highest BCUT2D eigenvalue weighted by molar-refractivity contribution is 14.1. The van der Waals surface area contributed by atoms with Crippen molar-refractivity contribution in [3.63, 3.8) is 0 Å². The SMILES string of the molecule is Ic1cc(-c2ccc(-c3ccc4sc5ccccc5c4c3)cc2)nc(-c2ccccc2)n1. The molecule has 4 heteroatoms. The first-order valence-electron chi connectivity index (χ1n) is 10.4. The summed E-state index contributed by atoms with van der Waals surface area (Å²) >= 11 is 4.12. The first-order chi connectivity index (χ1) is 15.7. The maximum atomic E-state index is 4.83. The first kappa shape index (κ1) is 19.6. The number of hydrogen-bond donors (Lipinski definition) is 0. The average molecular weight is 540 g/mol. The fourth-order valence-electron chi connectivity index (χ4n) is 4.02. The lowest BCUT2D eigenvalue weighted by molar-refractivity contribution is 1.15. The van der Waals surface area contributed by atoms with Gasteiger partial charge in [0.2, 0.25) is 0 Å². The van der Waals surface area contributed by atoms with Gasteiger partial charge >= 0.3 is 0 Å². The normalized spacial score (nSPS) is 11.3. The average Bonchev–Trinajstić information content (AvgIpc) is 3.22. The maximum Gasteiger partial charge on any atom is 0.160 e. The van der Waals surface area contributed by atoms with Crippen LogP contribution in [0, 0.1) is 3.70 Å². The standard InChI is InChI=1S/C28H17IN2S/c29-27-17-24(30-28(31-27)20-6-2-1-3-7-20)19-12-10-18(11-13-19)21-14-15-26-23(16-21)22-8-4-5-9-25(22)32-26/h1-17H. The second-order valence-corrected chi connectivity index (χ2v) is 9.84. The molecule has 0 radical (unpaired) electrons. The van der Waals surface area contributed by atoms with Gasteiger partial charge in [0.15, 0.2) is 5.82 Å². The van der Waals surface area contributed by atoms with Crippen molar-refractivity contribution in [3.05, 3.63) is 107 Å². The van der Waals surface area contributed by atoms with Crippen molar-refractivity contribution in [2.45, 2.75) is 0 Å². The van der Waals surface area contributed by atoms with Gasteiger partial charge in [0.25, 0.3) is 0 Å². The van der Waals surface area contributed by atoms with Gasteiger partial charge in [0.05, 0.1) is 5.69 Å². The van der Waals surface area contributed by atoms with E-state index in [-0.39, 0.29) is 0 Å². The summed E-state index contributed by atoms with van der Waals surface area (Å²) in [6.07, 6.45) is 0. The molecule has 0 bridgehead atoms. The molecular formula is C28H17IN2S. The molecule has 0 saturated heterocycles. The summed E-state index contributed by atoms with van der Waals surface area (Å²) in [7, 11) is 0. The van der Waals surface area contributed by atoms with Crippen LogP contribution >= 0.6 is 33.9 Å². The van der Waals surface area contributed by atoms with Crippen LogP contribution in [-0.2, 0) is 0 Å². The number of aromatic nitrogens is 2. The van der Waals surface area contributed by atoms with Crippen molar-refractivity contribution in [3.8, 4) is 33.8 Å². The molecule has 2 aromatic heterocycles. The Balaban J connectivity index is 1.38. The van der Waals surface area contributed by atoms with E-state index in [9.17, 15) is 0 Å². The Hall–Kier alpha value is -3.09. The van der Waals surface area contributed by atoms with Crippen LogP contribution in [0.25, 0.3) is 53.9 Å². The van der Waals surface area contributed by atoms with E-state index in [1.165, 1.54) is 31.3 Å². The minimum absolute atomic E-state index is 0.756. The first-order valence-corrected chi connectivity index (χ1v) is 12.3. The molecule has 4 aromatic carbocycles. The molecule has 6 aromatic rings. The van der Waals surface area contributed by atoms with Gasteiger partial charge < -0.3 is 0 Å². The zero-order valence-electron chi connectivity index (χ0n) is 17.0. The van der Waals surface area contributed by atoms with Crippen molar-refractivity contribution in [2.24, 2.45) is 0 Å². The number of fused-ring (bicyclic) bond motifs is 3. The molecule has 0 saturated carbocycles. The molecule has 152 valence electrons.